The molecule has 0 unspecified atom stereocenters. The van der Waals surface area contributed by atoms with Crippen LogP contribution in [-0.4, -0.2) is 14.8 Å². The Labute approximate surface area is 169 Å². The minimum Gasteiger partial charge on any atom is -0.457 e. The Morgan fingerprint density at radius 1 is 0.828 bits per heavy atom. The second-order valence-corrected chi connectivity index (χ2v) is 7.77. The number of anilines is 1. The number of alkyl halides is 3. The largest absolute Gasteiger partial charge is 0.573 e. The molecule has 0 aliphatic heterocycles. The third kappa shape index (κ3) is 5.78. The van der Waals surface area contributed by atoms with E-state index in [1.165, 1.54) is 36.4 Å². The van der Waals surface area contributed by atoms with Crippen molar-refractivity contribution in [2.45, 2.75) is 11.3 Å². The molecule has 3 rings (SSSR count). The van der Waals surface area contributed by atoms with Gasteiger partial charge in [0, 0.05) is 10.7 Å². The third-order valence-corrected chi connectivity index (χ3v) is 5.19. The van der Waals surface area contributed by atoms with Gasteiger partial charge >= 0.3 is 6.36 Å². The summed E-state index contributed by atoms with van der Waals surface area (Å²) in [7, 11) is -4.32. The summed E-state index contributed by atoms with van der Waals surface area (Å²) in [6.07, 6.45) is -5.02. The molecule has 0 atom stereocenters. The number of hydrogen-bond donors (Lipinski definition) is 1. The van der Waals surface area contributed by atoms with Gasteiger partial charge in [-0.3, -0.25) is 4.72 Å². The van der Waals surface area contributed by atoms with E-state index in [0.29, 0.717) is 16.5 Å². The highest BCUT2D eigenvalue weighted by atomic mass is 35.5. The Hall–Kier alpha value is -2.91. The summed E-state index contributed by atoms with van der Waals surface area (Å²) in [5, 5.41) is 0.553. The summed E-state index contributed by atoms with van der Waals surface area (Å²) in [5.41, 5.74) is 0.135. The number of nitrogens with one attached hydrogen (secondary N) is 1. The Morgan fingerprint density at radius 2 is 1.38 bits per heavy atom. The highest BCUT2D eigenvalue weighted by molar-refractivity contribution is 7.92. The van der Waals surface area contributed by atoms with Crippen LogP contribution >= 0.6 is 11.6 Å². The van der Waals surface area contributed by atoms with Crippen LogP contribution in [0.1, 0.15) is 0 Å². The Bertz CT molecular complexity index is 1090. The van der Waals surface area contributed by atoms with Crippen LogP contribution in [0.5, 0.6) is 17.2 Å². The highest BCUT2D eigenvalue weighted by Gasteiger charge is 2.34. The molecule has 1 N–H and O–H groups in total. The van der Waals surface area contributed by atoms with Crippen LogP contribution in [0.3, 0.4) is 0 Å². The van der Waals surface area contributed by atoms with E-state index >= 15 is 0 Å². The monoisotopic (exact) mass is 443 g/mol. The summed E-state index contributed by atoms with van der Waals surface area (Å²) < 4.78 is 74.2. The Morgan fingerprint density at radius 3 is 1.97 bits per heavy atom. The van der Waals surface area contributed by atoms with Crippen molar-refractivity contribution in [1.29, 1.82) is 0 Å². The van der Waals surface area contributed by atoms with Gasteiger partial charge in [-0.2, -0.15) is 0 Å². The summed E-state index contributed by atoms with van der Waals surface area (Å²) in [6, 6.07) is 16.9. The predicted molar refractivity (Wildman–Crippen MR) is 102 cm³/mol. The standard InChI is InChI=1S/C19H13ClF3NO4S/c20-13-5-9-15(10-6-13)27-16-11-7-14(8-12-16)24-29(25,26)18-4-2-1-3-17(18)28-19(21,22)23/h1-12,24H. The number of sulfonamides is 1. The molecule has 0 spiro atoms. The highest BCUT2D eigenvalue weighted by Crippen LogP contribution is 2.31. The van der Waals surface area contributed by atoms with Gasteiger partial charge in [0.1, 0.15) is 22.1 Å². The SMILES string of the molecule is O=S(=O)(Nc1ccc(Oc2ccc(Cl)cc2)cc1)c1ccccc1OC(F)(F)F. The van der Waals surface area contributed by atoms with Gasteiger partial charge in [0.2, 0.25) is 0 Å². The van der Waals surface area contributed by atoms with Crippen molar-refractivity contribution in [2.24, 2.45) is 0 Å². The van der Waals surface area contributed by atoms with Gasteiger partial charge in [-0.1, -0.05) is 23.7 Å². The lowest BCUT2D eigenvalue weighted by molar-refractivity contribution is -0.275. The Kier molecular flexibility index (Phi) is 5.90. The molecule has 0 fully saturated rings. The zero-order valence-electron chi connectivity index (χ0n) is 14.5. The first-order valence-electron chi connectivity index (χ1n) is 8.03. The fourth-order valence-electron chi connectivity index (χ4n) is 2.32. The average Bonchev–Trinajstić information content (AvgIpc) is 2.64. The molecule has 0 heterocycles. The molecule has 3 aromatic rings. The van der Waals surface area contributed by atoms with Gasteiger partial charge < -0.3 is 9.47 Å². The second-order valence-electron chi connectivity index (χ2n) is 5.68. The second kappa shape index (κ2) is 8.22. The zero-order valence-corrected chi connectivity index (χ0v) is 16.1. The third-order valence-electron chi connectivity index (χ3n) is 3.52. The minimum absolute atomic E-state index is 0.135. The molecule has 29 heavy (non-hydrogen) atoms. The van der Waals surface area contributed by atoms with E-state index in [1.807, 2.05) is 0 Å². The number of benzene rings is 3. The minimum atomic E-state index is -5.02. The van der Waals surface area contributed by atoms with Crippen LogP contribution in [0.2, 0.25) is 5.02 Å². The summed E-state index contributed by atoms with van der Waals surface area (Å²) in [4.78, 5) is -0.640. The van der Waals surface area contributed by atoms with E-state index in [0.717, 1.165) is 12.1 Å². The van der Waals surface area contributed by atoms with Gasteiger partial charge in [0.15, 0.2) is 0 Å². The number of rotatable bonds is 6. The van der Waals surface area contributed by atoms with Gasteiger partial charge in [0.05, 0.1) is 0 Å². The lowest BCUT2D eigenvalue weighted by atomic mass is 10.3. The van der Waals surface area contributed by atoms with Crippen molar-refractivity contribution in [2.75, 3.05) is 4.72 Å². The molecule has 0 aliphatic carbocycles. The van der Waals surface area contributed by atoms with Crippen molar-refractivity contribution in [1.82, 2.24) is 0 Å². The summed E-state index contributed by atoms with van der Waals surface area (Å²) in [6.45, 7) is 0. The van der Waals surface area contributed by atoms with E-state index in [2.05, 4.69) is 9.46 Å². The van der Waals surface area contributed by atoms with Crippen LogP contribution in [0, 0.1) is 0 Å². The quantitative estimate of drug-likeness (QED) is 0.520. The van der Waals surface area contributed by atoms with E-state index in [9.17, 15) is 21.6 Å². The van der Waals surface area contributed by atoms with Gasteiger partial charge in [-0.25, -0.2) is 8.42 Å². The van der Waals surface area contributed by atoms with E-state index in [1.54, 1.807) is 24.3 Å². The number of halogens is 4. The summed E-state index contributed by atoms with van der Waals surface area (Å²) in [5.74, 6) is 0.132. The predicted octanol–water partition coefficient (Wildman–Crippen LogP) is 5.83. The molecular formula is C19H13ClF3NO4S. The van der Waals surface area contributed by atoms with Gasteiger partial charge in [0.25, 0.3) is 10.0 Å². The van der Waals surface area contributed by atoms with E-state index in [-0.39, 0.29) is 5.69 Å². The molecule has 0 radical (unpaired) electrons. The van der Waals surface area contributed by atoms with Crippen LogP contribution in [-0.2, 0) is 10.0 Å². The summed E-state index contributed by atoms with van der Waals surface area (Å²) >= 11 is 5.80. The van der Waals surface area contributed by atoms with Crippen molar-refractivity contribution < 1.29 is 31.1 Å². The van der Waals surface area contributed by atoms with Crippen LogP contribution in [0.15, 0.2) is 77.7 Å². The molecule has 5 nitrogen and oxygen atoms in total. The molecule has 0 bridgehead atoms. The number of ether oxygens (including phenoxy) is 2. The smallest absolute Gasteiger partial charge is 0.457 e. The molecule has 152 valence electrons. The van der Waals surface area contributed by atoms with Gasteiger partial charge in [-0.05, 0) is 60.7 Å². The average molecular weight is 444 g/mol. The van der Waals surface area contributed by atoms with Crippen molar-refractivity contribution in [3.63, 3.8) is 0 Å². The normalized spacial score (nSPS) is 11.7. The maximum Gasteiger partial charge on any atom is 0.573 e. The number of hydrogen-bond acceptors (Lipinski definition) is 4. The molecule has 0 saturated heterocycles. The van der Waals surface area contributed by atoms with Crippen LogP contribution in [0.25, 0.3) is 0 Å². The lowest BCUT2D eigenvalue weighted by Gasteiger charge is -2.14. The van der Waals surface area contributed by atoms with Gasteiger partial charge in [-0.15, -0.1) is 13.2 Å². The first-order valence-corrected chi connectivity index (χ1v) is 9.90. The molecule has 0 aromatic heterocycles. The van der Waals surface area contributed by atoms with E-state index in [4.69, 9.17) is 16.3 Å². The number of para-hydroxylation sites is 1. The van der Waals surface area contributed by atoms with E-state index < -0.39 is 27.0 Å². The van der Waals surface area contributed by atoms with Crippen molar-refractivity contribution >= 4 is 27.3 Å². The van der Waals surface area contributed by atoms with Crippen LogP contribution < -0.4 is 14.2 Å². The van der Waals surface area contributed by atoms with Crippen molar-refractivity contribution in [3.8, 4) is 17.2 Å². The molecule has 3 aromatic carbocycles. The van der Waals surface area contributed by atoms with Crippen molar-refractivity contribution in [3.05, 3.63) is 77.8 Å². The maximum atomic E-state index is 12.5. The maximum absolute atomic E-state index is 12.5. The first-order chi connectivity index (χ1) is 13.6. The lowest BCUT2D eigenvalue weighted by Crippen LogP contribution is -2.20. The van der Waals surface area contributed by atoms with Crippen LogP contribution in [0.4, 0.5) is 18.9 Å². The first kappa shape index (κ1) is 20.8. The molecule has 0 aliphatic rings. The Balaban J connectivity index is 1.76. The zero-order chi connectivity index (χ0) is 21.1. The molecule has 10 heteroatoms. The molecular weight excluding hydrogens is 431 g/mol. The fraction of sp³-hybridized carbons (Fsp3) is 0.0526. The molecule has 0 amide bonds. The molecule has 0 saturated carbocycles. The fourth-order valence-corrected chi connectivity index (χ4v) is 3.64. The topological polar surface area (TPSA) is 64.6 Å².